The minimum atomic E-state index is -2.74. The van der Waals surface area contributed by atoms with Gasteiger partial charge in [-0.3, -0.25) is 14.9 Å². The van der Waals surface area contributed by atoms with E-state index in [0.717, 1.165) is 12.1 Å². The Morgan fingerprint density at radius 2 is 2.04 bits per heavy atom. The Balaban J connectivity index is 2.28. The Morgan fingerprint density at radius 3 is 2.65 bits per heavy atom. The first-order valence-electron chi connectivity index (χ1n) is 6.71. The van der Waals surface area contributed by atoms with Crippen molar-refractivity contribution in [1.82, 2.24) is 0 Å². The predicted octanol–water partition coefficient (Wildman–Crippen LogP) is 1.50. The fourth-order valence-electron chi connectivity index (χ4n) is 2.16. The van der Waals surface area contributed by atoms with Gasteiger partial charge in [-0.25, -0.2) is 13.2 Å². The number of rotatable bonds is 5. The second kappa shape index (κ2) is 7.14. The maximum atomic E-state index is 12.1. The van der Waals surface area contributed by atoms with Gasteiger partial charge in [0.05, 0.1) is 10.7 Å². The summed E-state index contributed by atoms with van der Waals surface area (Å²) in [5.74, 6) is -1.29. The summed E-state index contributed by atoms with van der Waals surface area (Å²) in [5, 5.41) is 11.1. The molecule has 122 valence electrons. The highest BCUT2D eigenvalue weighted by Crippen LogP contribution is 2.24. The van der Waals surface area contributed by atoms with Crippen LogP contribution in [0.15, 0.2) is 30.0 Å². The van der Waals surface area contributed by atoms with Crippen LogP contribution in [-0.4, -0.2) is 25.1 Å². The van der Waals surface area contributed by atoms with Crippen LogP contribution >= 0.6 is 0 Å². The molecule has 0 heterocycles. The van der Waals surface area contributed by atoms with Gasteiger partial charge in [0.25, 0.3) is 5.69 Å². The lowest BCUT2D eigenvalue weighted by Crippen LogP contribution is -2.12. The standard InChI is InChI=1S/C14H13NO7S/c16-10-2-1-3-11(7-10)22-14(17)12-5-4-9(8-23(20)21)6-13(12)15(18)19/h4-7,23H,1-3,8H2. The number of carbonyl (C=O) groups is 2. The summed E-state index contributed by atoms with van der Waals surface area (Å²) < 4.78 is 26.4. The Hall–Kier alpha value is -2.55. The average molecular weight is 339 g/mol. The van der Waals surface area contributed by atoms with E-state index in [4.69, 9.17) is 4.74 Å². The molecule has 0 N–H and O–H groups in total. The molecule has 0 saturated heterocycles. The number of nitro groups is 1. The van der Waals surface area contributed by atoms with Crippen molar-refractivity contribution in [3.8, 4) is 0 Å². The van der Waals surface area contributed by atoms with Crippen molar-refractivity contribution >= 4 is 28.1 Å². The van der Waals surface area contributed by atoms with Crippen LogP contribution in [0.1, 0.15) is 35.2 Å². The number of hydrogen-bond donors (Lipinski definition) is 1. The van der Waals surface area contributed by atoms with Gasteiger partial charge >= 0.3 is 5.97 Å². The number of benzene rings is 1. The predicted molar refractivity (Wildman–Crippen MR) is 79.5 cm³/mol. The minimum Gasteiger partial charge on any atom is -0.427 e. The van der Waals surface area contributed by atoms with Crippen LogP contribution in [0.3, 0.4) is 0 Å². The molecule has 0 saturated carbocycles. The van der Waals surface area contributed by atoms with Gasteiger partial charge in [0.15, 0.2) is 5.78 Å². The molecule has 0 amide bonds. The largest absolute Gasteiger partial charge is 0.427 e. The van der Waals surface area contributed by atoms with Gasteiger partial charge in [-0.2, -0.15) is 0 Å². The van der Waals surface area contributed by atoms with E-state index in [1.165, 1.54) is 12.1 Å². The molecule has 9 heteroatoms. The maximum Gasteiger partial charge on any atom is 0.350 e. The summed E-state index contributed by atoms with van der Waals surface area (Å²) in [5.41, 5.74) is -0.623. The SMILES string of the molecule is O=C1C=C(OC(=O)c2ccc(C[SH](=O)=O)cc2[N+](=O)[O-])CCC1. The first kappa shape index (κ1) is 16.8. The molecular formula is C14H13NO7S. The van der Waals surface area contributed by atoms with Gasteiger partial charge in [-0.15, -0.1) is 0 Å². The highest BCUT2D eigenvalue weighted by Gasteiger charge is 2.24. The van der Waals surface area contributed by atoms with E-state index in [1.54, 1.807) is 0 Å². The Bertz CT molecular complexity index is 771. The maximum absolute atomic E-state index is 12.1. The number of nitro benzene ring substituents is 1. The average Bonchev–Trinajstić information content (AvgIpc) is 2.46. The van der Waals surface area contributed by atoms with E-state index in [2.05, 4.69) is 0 Å². The van der Waals surface area contributed by atoms with E-state index in [9.17, 15) is 28.1 Å². The fourth-order valence-corrected chi connectivity index (χ4v) is 2.66. The summed E-state index contributed by atoms with van der Waals surface area (Å²) in [4.78, 5) is 33.7. The Kier molecular flexibility index (Phi) is 5.22. The minimum absolute atomic E-state index is 0.164. The third-order valence-corrected chi connectivity index (χ3v) is 3.81. The number of esters is 1. The van der Waals surface area contributed by atoms with Crippen LogP contribution in [0.4, 0.5) is 5.69 Å². The smallest absolute Gasteiger partial charge is 0.350 e. The van der Waals surface area contributed by atoms with Crippen molar-refractivity contribution in [2.75, 3.05) is 0 Å². The van der Waals surface area contributed by atoms with Crippen molar-refractivity contribution in [2.24, 2.45) is 0 Å². The van der Waals surface area contributed by atoms with Crippen molar-refractivity contribution < 1.29 is 27.7 Å². The number of thiol groups is 1. The van der Waals surface area contributed by atoms with E-state index in [1.807, 2.05) is 0 Å². The summed E-state index contributed by atoms with van der Waals surface area (Å²) in [6.45, 7) is 0. The van der Waals surface area contributed by atoms with Crippen LogP contribution < -0.4 is 0 Å². The summed E-state index contributed by atoms with van der Waals surface area (Å²) in [6.07, 6.45) is 2.54. The molecule has 0 bridgehead atoms. The van der Waals surface area contributed by atoms with Gasteiger partial charge < -0.3 is 4.74 Å². The number of carbonyl (C=O) groups excluding carboxylic acids is 2. The first-order chi connectivity index (χ1) is 10.9. The lowest BCUT2D eigenvalue weighted by atomic mass is 10.1. The molecule has 0 aliphatic heterocycles. The lowest BCUT2D eigenvalue weighted by molar-refractivity contribution is -0.385. The van der Waals surface area contributed by atoms with E-state index in [-0.39, 0.29) is 28.4 Å². The number of allylic oxidation sites excluding steroid dienone is 2. The van der Waals surface area contributed by atoms with Gasteiger partial charge in [-0.05, 0) is 18.1 Å². The van der Waals surface area contributed by atoms with E-state index in [0.29, 0.717) is 19.3 Å². The van der Waals surface area contributed by atoms with E-state index >= 15 is 0 Å². The monoisotopic (exact) mass is 339 g/mol. The summed E-state index contributed by atoms with van der Waals surface area (Å²) in [7, 11) is -2.74. The zero-order valence-corrected chi connectivity index (χ0v) is 12.8. The van der Waals surface area contributed by atoms with Crippen molar-refractivity contribution in [3.05, 3.63) is 51.3 Å². The topological polar surface area (TPSA) is 121 Å². The molecule has 1 aliphatic carbocycles. The van der Waals surface area contributed by atoms with Crippen LogP contribution in [0.25, 0.3) is 0 Å². The molecule has 0 fully saturated rings. The lowest BCUT2D eigenvalue weighted by Gasteiger charge is -2.12. The molecule has 2 rings (SSSR count). The summed E-state index contributed by atoms with van der Waals surface area (Å²) >= 11 is 0. The molecule has 23 heavy (non-hydrogen) atoms. The van der Waals surface area contributed by atoms with Crippen LogP contribution in [0, 0.1) is 10.1 Å². The number of ether oxygens (including phenoxy) is 1. The molecule has 0 spiro atoms. The Labute approximate surface area is 132 Å². The molecule has 0 radical (unpaired) electrons. The zero-order chi connectivity index (χ0) is 17.0. The summed E-state index contributed by atoms with van der Waals surface area (Å²) in [6, 6.07) is 3.50. The second-order valence-electron chi connectivity index (χ2n) is 4.92. The third-order valence-electron chi connectivity index (χ3n) is 3.18. The highest BCUT2D eigenvalue weighted by molar-refractivity contribution is 7.71. The second-order valence-corrected chi connectivity index (χ2v) is 5.90. The van der Waals surface area contributed by atoms with Crippen molar-refractivity contribution in [1.29, 1.82) is 0 Å². The van der Waals surface area contributed by atoms with Crippen LogP contribution in [0.5, 0.6) is 0 Å². The molecule has 1 aromatic rings. The highest BCUT2D eigenvalue weighted by atomic mass is 32.2. The zero-order valence-electron chi connectivity index (χ0n) is 11.9. The molecular weight excluding hydrogens is 326 g/mol. The van der Waals surface area contributed by atoms with Gasteiger partial charge in [-0.1, -0.05) is 6.07 Å². The molecule has 0 atom stereocenters. The van der Waals surface area contributed by atoms with Crippen LogP contribution in [-0.2, 0) is 26.0 Å². The molecule has 1 aromatic carbocycles. The van der Waals surface area contributed by atoms with Gasteiger partial charge in [0.2, 0.25) is 0 Å². The first-order valence-corrected chi connectivity index (χ1v) is 8.08. The van der Waals surface area contributed by atoms with Gasteiger partial charge in [0.1, 0.15) is 22.0 Å². The molecule has 1 aliphatic rings. The molecule has 8 nitrogen and oxygen atoms in total. The fraction of sp³-hybridized carbons (Fsp3) is 0.286. The number of nitrogens with zero attached hydrogens (tertiary/aromatic N) is 1. The third kappa shape index (κ3) is 4.46. The number of ketones is 1. The van der Waals surface area contributed by atoms with Crippen molar-refractivity contribution in [3.63, 3.8) is 0 Å². The van der Waals surface area contributed by atoms with E-state index < -0.39 is 27.3 Å². The Morgan fingerprint density at radius 1 is 1.30 bits per heavy atom. The number of hydrogen-bond acceptors (Lipinski definition) is 7. The normalized spacial score (nSPS) is 14.5. The van der Waals surface area contributed by atoms with Crippen molar-refractivity contribution in [2.45, 2.75) is 25.0 Å². The van der Waals surface area contributed by atoms with Gasteiger partial charge in [0, 0.05) is 25.0 Å². The van der Waals surface area contributed by atoms with Crippen LogP contribution in [0.2, 0.25) is 0 Å². The molecule has 0 aromatic heterocycles. The quantitative estimate of drug-likeness (QED) is 0.373. The molecule has 0 unspecified atom stereocenters.